The molecule has 3 aromatic rings. The highest BCUT2D eigenvalue weighted by atomic mass is 16.5. The lowest BCUT2D eigenvalue weighted by molar-refractivity contribution is 0.102. The molecule has 1 aromatic heterocycles. The molecule has 2 aromatic carbocycles. The second-order valence-electron chi connectivity index (χ2n) is 6.46. The van der Waals surface area contributed by atoms with E-state index in [1.807, 2.05) is 18.2 Å². The van der Waals surface area contributed by atoms with Gasteiger partial charge in [0.2, 0.25) is 0 Å². The highest BCUT2D eigenvalue weighted by Gasteiger charge is 2.20. The topological polar surface area (TPSA) is 63.7 Å². The Morgan fingerprint density at radius 3 is 2.61 bits per heavy atom. The van der Waals surface area contributed by atoms with Crippen molar-refractivity contribution in [1.82, 2.24) is 4.98 Å². The monoisotopic (exact) mass is 375 g/mol. The van der Waals surface area contributed by atoms with Crippen molar-refractivity contribution in [1.29, 1.82) is 0 Å². The van der Waals surface area contributed by atoms with Crippen molar-refractivity contribution >= 4 is 23.1 Å². The number of nitrogens with zero attached hydrogens (tertiary/aromatic N) is 2. The maximum atomic E-state index is 12.5. The number of pyridine rings is 1. The zero-order valence-electron chi connectivity index (χ0n) is 15.8. The average molecular weight is 375 g/mol. The van der Waals surface area contributed by atoms with Gasteiger partial charge in [0, 0.05) is 17.8 Å². The van der Waals surface area contributed by atoms with Crippen LogP contribution in [-0.2, 0) is 6.42 Å². The lowest BCUT2D eigenvalue weighted by Crippen LogP contribution is -2.16. The van der Waals surface area contributed by atoms with Crippen LogP contribution < -0.4 is 19.7 Å². The van der Waals surface area contributed by atoms with Gasteiger partial charge in [0.25, 0.3) is 5.91 Å². The van der Waals surface area contributed by atoms with E-state index >= 15 is 0 Å². The third-order valence-corrected chi connectivity index (χ3v) is 4.82. The van der Waals surface area contributed by atoms with E-state index < -0.39 is 0 Å². The molecule has 6 heteroatoms. The van der Waals surface area contributed by atoms with Crippen LogP contribution in [0.2, 0.25) is 0 Å². The van der Waals surface area contributed by atoms with Crippen LogP contribution in [0.25, 0.3) is 0 Å². The maximum absolute atomic E-state index is 12.5. The standard InChI is InChI=1S/C22H21N3O3/c1-27-19-9-7-16(13-20(19)28-2)22(26)24-17-8-10-21(23-14-17)25-12-11-15-5-3-4-6-18(15)25/h3-10,13-14H,11-12H2,1-2H3,(H,24,26). The number of methoxy groups -OCH3 is 2. The van der Waals surface area contributed by atoms with E-state index in [4.69, 9.17) is 9.47 Å². The number of nitrogens with one attached hydrogen (secondary N) is 1. The van der Waals surface area contributed by atoms with E-state index in [0.29, 0.717) is 22.7 Å². The predicted molar refractivity (Wildman–Crippen MR) is 109 cm³/mol. The minimum atomic E-state index is -0.234. The highest BCUT2D eigenvalue weighted by Crippen LogP contribution is 2.33. The minimum Gasteiger partial charge on any atom is -0.493 e. The third-order valence-electron chi connectivity index (χ3n) is 4.82. The van der Waals surface area contributed by atoms with Crippen molar-refractivity contribution in [3.05, 3.63) is 71.9 Å². The molecule has 4 rings (SSSR count). The molecule has 0 radical (unpaired) electrons. The van der Waals surface area contributed by atoms with Crippen LogP contribution in [-0.4, -0.2) is 31.7 Å². The molecule has 142 valence electrons. The van der Waals surface area contributed by atoms with Gasteiger partial charge >= 0.3 is 0 Å². The molecule has 6 nitrogen and oxygen atoms in total. The average Bonchev–Trinajstić information content (AvgIpc) is 3.18. The zero-order valence-corrected chi connectivity index (χ0v) is 15.8. The summed E-state index contributed by atoms with van der Waals surface area (Å²) in [5, 5.41) is 2.87. The van der Waals surface area contributed by atoms with Crippen LogP contribution in [0.4, 0.5) is 17.2 Å². The van der Waals surface area contributed by atoms with Gasteiger partial charge in [0.1, 0.15) is 5.82 Å². The van der Waals surface area contributed by atoms with Gasteiger partial charge in [-0.3, -0.25) is 4.79 Å². The summed E-state index contributed by atoms with van der Waals surface area (Å²) in [6.07, 6.45) is 2.69. The van der Waals surface area contributed by atoms with Gasteiger partial charge in [-0.25, -0.2) is 4.98 Å². The third kappa shape index (κ3) is 3.36. The van der Waals surface area contributed by atoms with Crippen molar-refractivity contribution < 1.29 is 14.3 Å². The van der Waals surface area contributed by atoms with Gasteiger partial charge in [-0.15, -0.1) is 0 Å². The molecule has 1 aliphatic heterocycles. The molecule has 2 heterocycles. The van der Waals surface area contributed by atoms with Gasteiger partial charge in [-0.2, -0.15) is 0 Å². The summed E-state index contributed by atoms with van der Waals surface area (Å²) >= 11 is 0. The molecular formula is C22H21N3O3. The fourth-order valence-electron chi connectivity index (χ4n) is 3.38. The number of hydrogen-bond donors (Lipinski definition) is 1. The first-order chi connectivity index (χ1) is 13.7. The van der Waals surface area contributed by atoms with Gasteiger partial charge in [-0.1, -0.05) is 18.2 Å². The quantitative estimate of drug-likeness (QED) is 0.729. The number of aromatic nitrogens is 1. The minimum absolute atomic E-state index is 0.234. The zero-order chi connectivity index (χ0) is 19.5. The van der Waals surface area contributed by atoms with Crippen molar-refractivity contribution in [2.75, 3.05) is 31.0 Å². The summed E-state index contributed by atoms with van der Waals surface area (Å²) in [4.78, 5) is 19.3. The molecular weight excluding hydrogens is 354 g/mol. The summed E-state index contributed by atoms with van der Waals surface area (Å²) in [6.45, 7) is 0.906. The Morgan fingerprint density at radius 2 is 1.86 bits per heavy atom. The van der Waals surface area contributed by atoms with Crippen molar-refractivity contribution in [2.45, 2.75) is 6.42 Å². The van der Waals surface area contributed by atoms with E-state index in [-0.39, 0.29) is 5.91 Å². The van der Waals surface area contributed by atoms with Crippen LogP contribution in [0.3, 0.4) is 0 Å². The first-order valence-electron chi connectivity index (χ1n) is 9.04. The molecule has 1 aliphatic rings. The van der Waals surface area contributed by atoms with Crippen LogP contribution in [0.1, 0.15) is 15.9 Å². The molecule has 0 saturated carbocycles. The Hall–Kier alpha value is -3.54. The molecule has 0 bridgehead atoms. The number of carbonyl (C=O) groups is 1. The van der Waals surface area contributed by atoms with Crippen LogP contribution in [0, 0.1) is 0 Å². The first kappa shape index (κ1) is 17.9. The van der Waals surface area contributed by atoms with Crippen molar-refractivity contribution in [3.63, 3.8) is 0 Å². The number of ether oxygens (including phenoxy) is 2. The number of anilines is 3. The fraction of sp³-hybridized carbons (Fsp3) is 0.182. The number of amides is 1. The van der Waals surface area contributed by atoms with Gasteiger partial charge < -0.3 is 19.7 Å². The molecule has 1 N–H and O–H groups in total. The Bertz CT molecular complexity index is 1000. The predicted octanol–water partition coefficient (Wildman–Crippen LogP) is 4.05. The Balaban J connectivity index is 1.49. The summed E-state index contributed by atoms with van der Waals surface area (Å²) in [7, 11) is 3.10. The summed E-state index contributed by atoms with van der Waals surface area (Å²) in [6, 6.07) is 17.2. The lowest BCUT2D eigenvalue weighted by atomic mass is 10.2. The Kier molecular flexibility index (Phi) is 4.85. The number of benzene rings is 2. The van der Waals surface area contributed by atoms with Gasteiger partial charge in [-0.05, 0) is 48.4 Å². The largest absolute Gasteiger partial charge is 0.493 e. The number of hydrogen-bond acceptors (Lipinski definition) is 5. The van der Waals surface area contributed by atoms with E-state index in [2.05, 4.69) is 33.4 Å². The van der Waals surface area contributed by atoms with Crippen molar-refractivity contribution in [3.8, 4) is 11.5 Å². The molecule has 0 atom stereocenters. The molecule has 0 unspecified atom stereocenters. The van der Waals surface area contributed by atoms with E-state index in [1.165, 1.54) is 11.3 Å². The molecule has 0 spiro atoms. The Morgan fingerprint density at radius 1 is 1.04 bits per heavy atom. The lowest BCUT2D eigenvalue weighted by Gasteiger charge is -2.18. The van der Waals surface area contributed by atoms with E-state index in [9.17, 15) is 4.79 Å². The maximum Gasteiger partial charge on any atom is 0.255 e. The number of rotatable bonds is 5. The van der Waals surface area contributed by atoms with Gasteiger partial charge in [0.15, 0.2) is 11.5 Å². The van der Waals surface area contributed by atoms with Crippen LogP contribution >= 0.6 is 0 Å². The second kappa shape index (κ2) is 7.60. The molecule has 28 heavy (non-hydrogen) atoms. The summed E-state index contributed by atoms with van der Waals surface area (Å²) in [5.74, 6) is 1.73. The second-order valence-corrected chi connectivity index (χ2v) is 6.46. The number of carbonyl (C=O) groups excluding carboxylic acids is 1. The molecule has 1 amide bonds. The Labute approximate surface area is 163 Å². The molecule has 0 aliphatic carbocycles. The van der Waals surface area contributed by atoms with Crippen LogP contribution in [0.5, 0.6) is 11.5 Å². The highest BCUT2D eigenvalue weighted by molar-refractivity contribution is 6.04. The summed E-state index contributed by atoms with van der Waals surface area (Å²) < 4.78 is 10.5. The fourth-order valence-corrected chi connectivity index (χ4v) is 3.38. The van der Waals surface area contributed by atoms with Gasteiger partial charge in [0.05, 0.1) is 26.1 Å². The van der Waals surface area contributed by atoms with Crippen molar-refractivity contribution in [2.24, 2.45) is 0 Å². The van der Waals surface area contributed by atoms with Crippen LogP contribution in [0.15, 0.2) is 60.8 Å². The summed E-state index contributed by atoms with van der Waals surface area (Å²) in [5.41, 5.74) is 3.64. The SMILES string of the molecule is COc1ccc(C(=O)Nc2ccc(N3CCc4ccccc43)nc2)cc1OC. The smallest absolute Gasteiger partial charge is 0.255 e. The normalized spacial score (nSPS) is 12.4. The number of para-hydroxylation sites is 1. The first-order valence-corrected chi connectivity index (χ1v) is 9.04. The molecule has 0 fully saturated rings. The van der Waals surface area contributed by atoms with E-state index in [0.717, 1.165) is 18.8 Å². The van der Waals surface area contributed by atoms with E-state index in [1.54, 1.807) is 38.6 Å². The molecule has 0 saturated heterocycles. The number of fused-ring (bicyclic) bond motifs is 1.